The van der Waals surface area contributed by atoms with E-state index in [1.54, 1.807) is 7.11 Å². The van der Waals surface area contributed by atoms with Gasteiger partial charge in [0.05, 0.1) is 24.9 Å². The summed E-state index contributed by atoms with van der Waals surface area (Å²) in [4.78, 5) is 0. The van der Waals surface area contributed by atoms with Crippen LogP contribution in [0.5, 0.6) is 5.75 Å². The SMILES string of the molecule is COCCOc1ccccc1CN[C@H]1C[C@@H](O)[C@@H]1n1cc(C)cn1. The number of aryl methyl sites for hydroxylation is 1. The minimum absolute atomic E-state index is 0.0136. The van der Waals surface area contributed by atoms with Gasteiger partial charge in [-0.1, -0.05) is 18.2 Å². The molecule has 6 nitrogen and oxygen atoms in total. The van der Waals surface area contributed by atoms with Gasteiger partial charge < -0.3 is 19.9 Å². The van der Waals surface area contributed by atoms with Gasteiger partial charge in [-0.25, -0.2) is 0 Å². The van der Waals surface area contributed by atoms with Crippen LogP contribution >= 0.6 is 0 Å². The number of aliphatic hydroxyl groups is 1. The van der Waals surface area contributed by atoms with Gasteiger partial charge in [-0.15, -0.1) is 0 Å². The zero-order chi connectivity index (χ0) is 16.9. The molecule has 1 aliphatic rings. The average Bonchev–Trinajstić information content (AvgIpc) is 2.98. The third kappa shape index (κ3) is 3.77. The highest BCUT2D eigenvalue weighted by Gasteiger charge is 2.41. The normalized spacial score (nSPS) is 23.0. The number of nitrogens with zero attached hydrogens (tertiary/aromatic N) is 2. The highest BCUT2D eigenvalue weighted by molar-refractivity contribution is 5.33. The quantitative estimate of drug-likeness (QED) is 0.721. The van der Waals surface area contributed by atoms with Gasteiger partial charge in [0.2, 0.25) is 0 Å². The molecule has 1 aliphatic carbocycles. The summed E-state index contributed by atoms with van der Waals surface area (Å²) in [5.74, 6) is 0.869. The molecule has 0 radical (unpaired) electrons. The van der Waals surface area contributed by atoms with Crippen molar-refractivity contribution in [2.45, 2.75) is 38.1 Å². The summed E-state index contributed by atoms with van der Waals surface area (Å²) in [6, 6.07) is 8.18. The second kappa shape index (κ2) is 7.79. The fraction of sp³-hybridized carbons (Fsp3) is 0.500. The predicted octanol–water partition coefficient (Wildman–Crippen LogP) is 1.68. The van der Waals surface area contributed by atoms with Gasteiger partial charge in [-0.05, 0) is 25.0 Å². The Kier molecular flexibility index (Phi) is 5.50. The van der Waals surface area contributed by atoms with Crippen LogP contribution in [0.25, 0.3) is 0 Å². The summed E-state index contributed by atoms with van der Waals surface area (Å²) in [5.41, 5.74) is 2.20. The molecule has 6 heteroatoms. The molecule has 0 saturated heterocycles. The Hall–Kier alpha value is -1.89. The first kappa shape index (κ1) is 17.0. The van der Waals surface area contributed by atoms with Crippen molar-refractivity contribution in [3.63, 3.8) is 0 Å². The maximum atomic E-state index is 10.1. The molecule has 0 spiro atoms. The first-order chi connectivity index (χ1) is 11.7. The summed E-state index contributed by atoms with van der Waals surface area (Å²) in [6.45, 7) is 3.80. The number of aliphatic hydroxyl groups excluding tert-OH is 1. The van der Waals surface area contributed by atoms with Gasteiger partial charge >= 0.3 is 0 Å². The van der Waals surface area contributed by atoms with Crippen molar-refractivity contribution >= 4 is 0 Å². The summed E-state index contributed by atoms with van der Waals surface area (Å²) in [7, 11) is 1.66. The molecular formula is C18H25N3O3. The lowest BCUT2D eigenvalue weighted by molar-refractivity contribution is -0.00830. The first-order valence-electron chi connectivity index (χ1n) is 8.31. The van der Waals surface area contributed by atoms with E-state index in [1.807, 2.05) is 42.2 Å². The van der Waals surface area contributed by atoms with Crippen molar-refractivity contribution in [2.24, 2.45) is 0 Å². The standard InChI is InChI=1S/C18H25N3O3/c1-13-10-20-21(12-13)18-15(9-16(18)22)19-11-14-5-3-4-6-17(14)24-8-7-23-2/h3-6,10,12,15-16,18-19,22H,7-9,11H2,1-2H3/t15-,16+,18+/m0/s1. The van der Waals surface area contributed by atoms with Crippen LogP contribution in [-0.4, -0.2) is 47.4 Å². The molecule has 1 aromatic heterocycles. The first-order valence-corrected chi connectivity index (χ1v) is 8.31. The monoisotopic (exact) mass is 331 g/mol. The Bertz CT molecular complexity index is 658. The molecule has 0 amide bonds. The lowest BCUT2D eigenvalue weighted by Gasteiger charge is -2.42. The van der Waals surface area contributed by atoms with Crippen molar-refractivity contribution in [1.29, 1.82) is 0 Å². The van der Waals surface area contributed by atoms with Crippen LogP contribution in [0.15, 0.2) is 36.7 Å². The number of para-hydroxylation sites is 1. The highest BCUT2D eigenvalue weighted by atomic mass is 16.5. The van der Waals surface area contributed by atoms with E-state index in [1.165, 1.54) is 0 Å². The molecule has 3 rings (SSSR count). The highest BCUT2D eigenvalue weighted by Crippen LogP contribution is 2.33. The summed E-state index contributed by atoms with van der Waals surface area (Å²) < 4.78 is 12.7. The van der Waals surface area contributed by atoms with Gasteiger partial charge in [0.25, 0.3) is 0 Å². The molecule has 2 N–H and O–H groups in total. The van der Waals surface area contributed by atoms with E-state index < -0.39 is 0 Å². The van der Waals surface area contributed by atoms with Crippen LogP contribution in [-0.2, 0) is 11.3 Å². The maximum Gasteiger partial charge on any atom is 0.123 e. The molecule has 24 heavy (non-hydrogen) atoms. The number of benzene rings is 1. The molecule has 0 aliphatic heterocycles. The van der Waals surface area contributed by atoms with E-state index in [4.69, 9.17) is 9.47 Å². The molecular weight excluding hydrogens is 306 g/mol. The topological polar surface area (TPSA) is 68.5 Å². The van der Waals surface area contributed by atoms with Crippen molar-refractivity contribution in [2.75, 3.05) is 20.3 Å². The van der Waals surface area contributed by atoms with Gasteiger partial charge in [0.15, 0.2) is 0 Å². The van der Waals surface area contributed by atoms with E-state index in [2.05, 4.69) is 16.5 Å². The predicted molar refractivity (Wildman–Crippen MR) is 91.1 cm³/mol. The third-order valence-electron chi connectivity index (χ3n) is 4.41. The molecule has 1 heterocycles. The van der Waals surface area contributed by atoms with Crippen LogP contribution in [0, 0.1) is 6.92 Å². The van der Waals surface area contributed by atoms with Crippen molar-refractivity contribution in [1.82, 2.24) is 15.1 Å². The Morgan fingerprint density at radius 3 is 2.88 bits per heavy atom. The second-order valence-electron chi connectivity index (χ2n) is 6.23. The largest absolute Gasteiger partial charge is 0.491 e. The average molecular weight is 331 g/mol. The number of methoxy groups -OCH3 is 1. The van der Waals surface area contributed by atoms with Crippen LogP contribution in [0.1, 0.15) is 23.6 Å². The van der Waals surface area contributed by atoms with Gasteiger partial charge in [0.1, 0.15) is 12.4 Å². The summed E-state index contributed by atoms with van der Waals surface area (Å²) in [6.07, 6.45) is 4.18. The number of ether oxygens (including phenoxy) is 2. The van der Waals surface area contributed by atoms with Gasteiger partial charge in [0, 0.05) is 31.5 Å². The maximum absolute atomic E-state index is 10.1. The van der Waals surface area contributed by atoms with Crippen LogP contribution in [0.3, 0.4) is 0 Å². The van der Waals surface area contributed by atoms with E-state index in [0.29, 0.717) is 19.8 Å². The van der Waals surface area contributed by atoms with E-state index in [9.17, 15) is 5.11 Å². The fourth-order valence-electron chi connectivity index (χ4n) is 3.04. The Balaban J connectivity index is 1.59. The minimum atomic E-state index is -0.352. The summed E-state index contributed by atoms with van der Waals surface area (Å²) >= 11 is 0. The zero-order valence-electron chi connectivity index (χ0n) is 14.2. The summed E-state index contributed by atoms with van der Waals surface area (Å²) in [5, 5.41) is 18.0. The van der Waals surface area contributed by atoms with Crippen LogP contribution < -0.4 is 10.1 Å². The number of nitrogens with one attached hydrogen (secondary N) is 1. The number of hydrogen-bond acceptors (Lipinski definition) is 5. The number of rotatable bonds is 8. The zero-order valence-corrected chi connectivity index (χ0v) is 14.2. The lowest BCUT2D eigenvalue weighted by atomic mass is 9.83. The molecule has 3 atom stereocenters. The lowest BCUT2D eigenvalue weighted by Crippen LogP contribution is -2.54. The smallest absolute Gasteiger partial charge is 0.123 e. The molecule has 0 bridgehead atoms. The molecule has 1 saturated carbocycles. The van der Waals surface area contributed by atoms with Crippen LogP contribution in [0.4, 0.5) is 0 Å². The van der Waals surface area contributed by atoms with Gasteiger partial charge in [-0.3, -0.25) is 4.68 Å². The van der Waals surface area contributed by atoms with Crippen molar-refractivity contribution in [3.8, 4) is 5.75 Å². The number of aromatic nitrogens is 2. The Morgan fingerprint density at radius 1 is 1.33 bits per heavy atom. The molecule has 0 unspecified atom stereocenters. The minimum Gasteiger partial charge on any atom is -0.491 e. The van der Waals surface area contributed by atoms with E-state index >= 15 is 0 Å². The van der Waals surface area contributed by atoms with E-state index in [-0.39, 0.29) is 18.2 Å². The number of hydrogen-bond donors (Lipinski definition) is 2. The molecule has 2 aromatic rings. The Morgan fingerprint density at radius 2 is 2.17 bits per heavy atom. The third-order valence-corrected chi connectivity index (χ3v) is 4.41. The van der Waals surface area contributed by atoms with Crippen molar-refractivity contribution in [3.05, 3.63) is 47.8 Å². The Labute approximate surface area is 142 Å². The second-order valence-corrected chi connectivity index (χ2v) is 6.23. The molecule has 1 fully saturated rings. The van der Waals surface area contributed by atoms with Crippen molar-refractivity contribution < 1.29 is 14.6 Å². The van der Waals surface area contributed by atoms with E-state index in [0.717, 1.165) is 23.3 Å². The molecule has 130 valence electrons. The molecule has 1 aromatic carbocycles. The fourth-order valence-corrected chi connectivity index (χ4v) is 3.04. The van der Waals surface area contributed by atoms with Crippen LogP contribution in [0.2, 0.25) is 0 Å². The van der Waals surface area contributed by atoms with Gasteiger partial charge in [-0.2, -0.15) is 5.10 Å².